The van der Waals surface area contributed by atoms with Gasteiger partial charge in [-0.1, -0.05) is 26.7 Å². The molecule has 2 aliphatic carbocycles. The molecular formula is C16H20Ti. The van der Waals surface area contributed by atoms with Crippen molar-refractivity contribution < 1.29 is 21.7 Å². The molecule has 0 saturated heterocycles. The molecule has 0 aliphatic heterocycles. The molecule has 2 rings (SSSR count). The summed E-state index contributed by atoms with van der Waals surface area (Å²) in [5.74, 6) is 0. The SMILES string of the molecule is CC1=C(C)C(CCC2=[C-]CC(C)=C2C)=[C-]C1.[Ti+2]. The van der Waals surface area contributed by atoms with Crippen LogP contribution in [0.5, 0.6) is 0 Å². The van der Waals surface area contributed by atoms with Gasteiger partial charge in [0.05, 0.1) is 0 Å². The maximum Gasteiger partial charge on any atom is 2.00 e. The van der Waals surface area contributed by atoms with Crippen LogP contribution >= 0.6 is 0 Å². The van der Waals surface area contributed by atoms with Gasteiger partial charge in [0, 0.05) is 0 Å². The first kappa shape index (κ1) is 14.7. The third-order valence-corrected chi connectivity index (χ3v) is 3.94. The van der Waals surface area contributed by atoms with Gasteiger partial charge < -0.3 is 0 Å². The van der Waals surface area contributed by atoms with Crippen LogP contribution in [0.15, 0.2) is 33.4 Å². The van der Waals surface area contributed by atoms with E-state index in [0.717, 1.165) is 25.7 Å². The predicted molar refractivity (Wildman–Crippen MR) is 68.7 cm³/mol. The minimum Gasteiger partial charge on any atom is -0.269 e. The molecule has 0 atom stereocenters. The van der Waals surface area contributed by atoms with Crippen molar-refractivity contribution >= 4 is 0 Å². The summed E-state index contributed by atoms with van der Waals surface area (Å²) in [7, 11) is 0. The van der Waals surface area contributed by atoms with Crippen LogP contribution in [-0.4, -0.2) is 0 Å². The Labute approximate surface area is 120 Å². The number of hydrogen-bond acceptors (Lipinski definition) is 0. The van der Waals surface area contributed by atoms with Crippen LogP contribution in [-0.2, 0) is 21.7 Å². The van der Waals surface area contributed by atoms with Crippen LogP contribution in [0.1, 0.15) is 53.4 Å². The maximum absolute atomic E-state index is 3.49. The Hall–Kier alpha value is -0.326. The zero-order valence-electron chi connectivity index (χ0n) is 11.3. The van der Waals surface area contributed by atoms with E-state index in [1.54, 1.807) is 0 Å². The standard InChI is InChI=1S/C16H20.Ti/c1-11-5-7-15(13(11)3)9-10-16-8-6-12(2)14(16)4;/h5-6,9-10H2,1-4H3;/q-2;+2. The maximum atomic E-state index is 3.49. The molecule has 0 unspecified atom stereocenters. The molecular weight excluding hydrogens is 240 g/mol. The van der Waals surface area contributed by atoms with E-state index in [2.05, 4.69) is 39.8 Å². The molecule has 88 valence electrons. The molecule has 0 heterocycles. The zero-order valence-corrected chi connectivity index (χ0v) is 12.9. The first-order valence-electron chi connectivity index (χ1n) is 6.12. The molecule has 0 spiro atoms. The van der Waals surface area contributed by atoms with E-state index < -0.39 is 0 Å². The predicted octanol–water partition coefficient (Wildman–Crippen LogP) is 4.70. The summed E-state index contributed by atoms with van der Waals surface area (Å²) < 4.78 is 0. The van der Waals surface area contributed by atoms with Crippen molar-refractivity contribution in [3.8, 4) is 0 Å². The molecule has 2 aliphatic rings. The van der Waals surface area contributed by atoms with Crippen molar-refractivity contribution in [2.24, 2.45) is 0 Å². The molecule has 0 aromatic rings. The fourth-order valence-corrected chi connectivity index (χ4v) is 2.33. The van der Waals surface area contributed by atoms with Crippen molar-refractivity contribution in [3.05, 3.63) is 45.6 Å². The van der Waals surface area contributed by atoms with Crippen molar-refractivity contribution in [1.82, 2.24) is 0 Å². The smallest absolute Gasteiger partial charge is 0.269 e. The van der Waals surface area contributed by atoms with Gasteiger partial charge in [0.2, 0.25) is 0 Å². The van der Waals surface area contributed by atoms with E-state index in [1.165, 1.54) is 33.4 Å². The Bertz CT molecular complexity index is 388. The fourth-order valence-electron chi connectivity index (χ4n) is 2.33. The molecule has 17 heavy (non-hydrogen) atoms. The van der Waals surface area contributed by atoms with Gasteiger partial charge in [0.25, 0.3) is 0 Å². The van der Waals surface area contributed by atoms with Gasteiger partial charge in [-0.05, 0) is 0 Å². The summed E-state index contributed by atoms with van der Waals surface area (Å²) in [6, 6.07) is 0. The van der Waals surface area contributed by atoms with Crippen LogP contribution in [0, 0.1) is 12.2 Å². The monoisotopic (exact) mass is 260 g/mol. The Balaban J connectivity index is 0.00000144. The molecule has 0 saturated carbocycles. The first-order chi connectivity index (χ1) is 7.59. The number of rotatable bonds is 3. The Kier molecular flexibility index (Phi) is 5.22. The molecule has 0 aromatic heterocycles. The van der Waals surface area contributed by atoms with Crippen molar-refractivity contribution in [3.63, 3.8) is 0 Å². The summed E-state index contributed by atoms with van der Waals surface area (Å²) in [6.45, 7) is 8.88. The van der Waals surface area contributed by atoms with Gasteiger partial charge in [0.1, 0.15) is 0 Å². The van der Waals surface area contributed by atoms with Crippen LogP contribution < -0.4 is 0 Å². The topological polar surface area (TPSA) is 0 Å². The van der Waals surface area contributed by atoms with E-state index >= 15 is 0 Å². The van der Waals surface area contributed by atoms with Gasteiger partial charge in [-0.25, -0.2) is 11.1 Å². The zero-order chi connectivity index (χ0) is 11.7. The Morgan fingerprint density at radius 3 is 1.35 bits per heavy atom. The van der Waals surface area contributed by atoms with E-state index in [1.807, 2.05) is 0 Å². The fraction of sp³-hybridized carbons (Fsp3) is 0.500. The second kappa shape index (κ2) is 6.02. The largest absolute Gasteiger partial charge is 2.00 e. The molecule has 0 radical (unpaired) electrons. The van der Waals surface area contributed by atoms with Gasteiger partial charge >= 0.3 is 21.7 Å². The van der Waals surface area contributed by atoms with E-state index in [9.17, 15) is 0 Å². The minimum absolute atomic E-state index is 0. The Morgan fingerprint density at radius 2 is 1.12 bits per heavy atom. The van der Waals surface area contributed by atoms with E-state index in [-0.39, 0.29) is 21.7 Å². The average Bonchev–Trinajstić information content (AvgIpc) is 2.74. The molecule has 0 bridgehead atoms. The summed E-state index contributed by atoms with van der Waals surface area (Å²) in [5.41, 5.74) is 8.79. The summed E-state index contributed by atoms with van der Waals surface area (Å²) in [6.07, 6.45) is 11.3. The van der Waals surface area contributed by atoms with Crippen molar-refractivity contribution in [1.29, 1.82) is 0 Å². The molecule has 0 fully saturated rings. The van der Waals surface area contributed by atoms with Crippen LogP contribution in [0.3, 0.4) is 0 Å². The molecule has 0 amide bonds. The second-order valence-electron chi connectivity index (χ2n) is 4.97. The second-order valence-corrected chi connectivity index (χ2v) is 4.97. The van der Waals surface area contributed by atoms with Crippen LogP contribution in [0.2, 0.25) is 0 Å². The third-order valence-electron chi connectivity index (χ3n) is 3.94. The first-order valence-corrected chi connectivity index (χ1v) is 6.12. The number of hydrogen-bond donors (Lipinski definition) is 0. The summed E-state index contributed by atoms with van der Waals surface area (Å²) in [4.78, 5) is 0. The number of allylic oxidation sites excluding steroid dienone is 8. The average molecular weight is 260 g/mol. The summed E-state index contributed by atoms with van der Waals surface area (Å²) >= 11 is 0. The van der Waals surface area contributed by atoms with Gasteiger partial charge in [-0.3, -0.25) is 12.2 Å². The van der Waals surface area contributed by atoms with E-state index in [4.69, 9.17) is 0 Å². The van der Waals surface area contributed by atoms with Crippen molar-refractivity contribution in [2.75, 3.05) is 0 Å². The van der Waals surface area contributed by atoms with Crippen molar-refractivity contribution in [2.45, 2.75) is 53.4 Å². The van der Waals surface area contributed by atoms with Crippen LogP contribution in [0.25, 0.3) is 0 Å². The molecule has 1 heteroatoms. The minimum atomic E-state index is 0. The quantitative estimate of drug-likeness (QED) is 0.509. The molecule has 0 nitrogen and oxygen atoms in total. The van der Waals surface area contributed by atoms with E-state index in [0.29, 0.717) is 0 Å². The molecule has 0 aromatic carbocycles. The van der Waals surface area contributed by atoms with Gasteiger partial charge in [-0.2, -0.15) is 22.3 Å². The third kappa shape index (κ3) is 3.11. The van der Waals surface area contributed by atoms with Crippen LogP contribution in [0.4, 0.5) is 0 Å². The van der Waals surface area contributed by atoms with Gasteiger partial charge in [-0.15, -0.1) is 26.7 Å². The van der Waals surface area contributed by atoms with Gasteiger partial charge in [0.15, 0.2) is 0 Å². The molecule has 0 N–H and O–H groups in total. The Morgan fingerprint density at radius 1 is 0.765 bits per heavy atom. The summed E-state index contributed by atoms with van der Waals surface area (Å²) in [5, 5.41) is 0. The normalized spacial score (nSPS) is 19.5.